The summed E-state index contributed by atoms with van der Waals surface area (Å²) in [5.74, 6) is 1.02. The first-order valence-electron chi connectivity index (χ1n) is 11.5. The van der Waals surface area contributed by atoms with Gasteiger partial charge in [0.15, 0.2) is 0 Å². The minimum Gasteiger partial charge on any atom is -0.481 e. The third kappa shape index (κ3) is 5.86. The lowest BCUT2D eigenvalue weighted by Gasteiger charge is -2.35. The molecule has 2 aromatic heterocycles. The Kier molecular flexibility index (Phi) is 7.52. The van der Waals surface area contributed by atoms with Crippen molar-refractivity contribution in [3.63, 3.8) is 0 Å². The number of methoxy groups -OCH3 is 1. The number of benzene rings is 1. The average Bonchev–Trinajstić information content (AvgIpc) is 2.83. The third-order valence-electron chi connectivity index (χ3n) is 5.80. The van der Waals surface area contributed by atoms with E-state index in [2.05, 4.69) is 46.9 Å². The molecule has 7 nitrogen and oxygen atoms in total. The zero-order chi connectivity index (χ0) is 23.2. The molecule has 1 aromatic carbocycles. The number of amides is 1. The van der Waals surface area contributed by atoms with Crippen LogP contribution in [0, 0.1) is 5.92 Å². The van der Waals surface area contributed by atoms with E-state index in [-0.39, 0.29) is 5.91 Å². The van der Waals surface area contributed by atoms with Crippen LogP contribution in [0.15, 0.2) is 54.9 Å². The van der Waals surface area contributed by atoms with Crippen molar-refractivity contribution in [2.45, 2.75) is 33.0 Å². The Balaban J connectivity index is 1.47. The second-order valence-electron chi connectivity index (χ2n) is 8.91. The molecule has 0 aliphatic carbocycles. The van der Waals surface area contributed by atoms with Crippen molar-refractivity contribution in [2.75, 3.05) is 33.4 Å². The molecule has 1 atom stereocenters. The first kappa shape index (κ1) is 23.1. The van der Waals surface area contributed by atoms with E-state index in [1.54, 1.807) is 19.5 Å². The topological polar surface area (TPSA) is 67.8 Å². The molecule has 4 rings (SSSR count). The van der Waals surface area contributed by atoms with Crippen LogP contribution in [0.5, 0.6) is 5.88 Å². The van der Waals surface area contributed by atoms with Gasteiger partial charge < -0.3 is 14.4 Å². The molecule has 3 aromatic rings. The Morgan fingerprint density at radius 2 is 2.03 bits per heavy atom. The van der Waals surface area contributed by atoms with Crippen LogP contribution in [0.1, 0.15) is 25.0 Å². The van der Waals surface area contributed by atoms with Crippen molar-refractivity contribution in [3.8, 4) is 5.88 Å². The smallest absolute Gasteiger partial charge is 0.253 e. The number of carbonyl (C=O) groups excluding carboxylic acids is 1. The van der Waals surface area contributed by atoms with Crippen LogP contribution in [0.2, 0.25) is 0 Å². The number of ether oxygens (including phenoxy) is 2. The quantitative estimate of drug-likeness (QED) is 0.525. The number of nitrogens with zero attached hydrogens (tertiary/aromatic N) is 4. The number of carbonyl (C=O) groups is 1. The highest BCUT2D eigenvalue weighted by atomic mass is 16.5. The number of pyridine rings is 2. The minimum atomic E-state index is -0.484. The van der Waals surface area contributed by atoms with Crippen molar-refractivity contribution in [3.05, 3.63) is 66.0 Å². The van der Waals surface area contributed by atoms with Crippen LogP contribution >= 0.6 is 0 Å². The Hall–Kier alpha value is -3.03. The molecule has 0 radical (unpaired) electrons. The average molecular weight is 449 g/mol. The van der Waals surface area contributed by atoms with Gasteiger partial charge in [-0.1, -0.05) is 32.0 Å². The number of fused-ring (bicyclic) bond motifs is 1. The number of rotatable bonds is 8. The summed E-state index contributed by atoms with van der Waals surface area (Å²) in [6, 6.07) is 14.1. The second kappa shape index (κ2) is 10.7. The molecule has 1 saturated heterocycles. The van der Waals surface area contributed by atoms with E-state index in [0.717, 1.165) is 28.6 Å². The number of aromatic nitrogens is 2. The Labute approximate surface area is 195 Å². The monoisotopic (exact) mass is 448 g/mol. The molecule has 1 aliphatic rings. The summed E-state index contributed by atoms with van der Waals surface area (Å²) in [6.45, 7) is 8.01. The van der Waals surface area contributed by atoms with E-state index in [1.807, 2.05) is 29.2 Å². The predicted molar refractivity (Wildman–Crippen MR) is 128 cm³/mol. The largest absolute Gasteiger partial charge is 0.481 e. The van der Waals surface area contributed by atoms with E-state index in [1.165, 1.54) is 0 Å². The Bertz CT molecular complexity index is 1090. The van der Waals surface area contributed by atoms with E-state index in [4.69, 9.17) is 9.47 Å². The first-order chi connectivity index (χ1) is 16.0. The zero-order valence-electron chi connectivity index (χ0n) is 19.6. The Morgan fingerprint density at radius 3 is 2.85 bits per heavy atom. The van der Waals surface area contributed by atoms with Crippen LogP contribution < -0.4 is 4.74 Å². The Morgan fingerprint density at radius 1 is 1.21 bits per heavy atom. The summed E-state index contributed by atoms with van der Waals surface area (Å²) in [5, 5.41) is 1.08. The van der Waals surface area contributed by atoms with Crippen LogP contribution in [0.25, 0.3) is 10.9 Å². The molecule has 0 unspecified atom stereocenters. The summed E-state index contributed by atoms with van der Waals surface area (Å²) in [6.07, 6.45) is 3.03. The minimum absolute atomic E-state index is 0.0397. The van der Waals surface area contributed by atoms with Gasteiger partial charge in [0.25, 0.3) is 5.91 Å². The fraction of sp³-hybridized carbons (Fsp3) is 0.423. The fourth-order valence-corrected chi connectivity index (χ4v) is 4.29. The molecule has 3 heterocycles. The van der Waals surface area contributed by atoms with Crippen LogP contribution in [0.3, 0.4) is 0 Å². The highest BCUT2D eigenvalue weighted by molar-refractivity contribution is 5.82. The first-order valence-corrected chi connectivity index (χ1v) is 11.5. The lowest BCUT2D eigenvalue weighted by Crippen LogP contribution is -2.51. The molecule has 0 bridgehead atoms. The van der Waals surface area contributed by atoms with Gasteiger partial charge in [-0.3, -0.25) is 14.7 Å². The lowest BCUT2D eigenvalue weighted by molar-refractivity contribution is -0.151. The molecule has 7 heteroatoms. The van der Waals surface area contributed by atoms with Crippen molar-refractivity contribution >= 4 is 16.8 Å². The van der Waals surface area contributed by atoms with Crippen LogP contribution in [-0.4, -0.2) is 65.1 Å². The van der Waals surface area contributed by atoms with E-state index >= 15 is 0 Å². The lowest BCUT2D eigenvalue weighted by atomic mass is 10.1. The molecule has 1 amide bonds. The summed E-state index contributed by atoms with van der Waals surface area (Å²) in [5.41, 5.74) is 3.06. The van der Waals surface area contributed by atoms with Gasteiger partial charge in [-0.15, -0.1) is 0 Å². The van der Waals surface area contributed by atoms with Gasteiger partial charge in [0.1, 0.15) is 6.10 Å². The van der Waals surface area contributed by atoms with Crippen LogP contribution in [-0.2, 0) is 22.6 Å². The molecule has 0 saturated carbocycles. The van der Waals surface area contributed by atoms with Gasteiger partial charge >= 0.3 is 0 Å². The maximum Gasteiger partial charge on any atom is 0.253 e. The van der Waals surface area contributed by atoms with Gasteiger partial charge in [0.2, 0.25) is 5.88 Å². The molecular formula is C26H32N4O3. The van der Waals surface area contributed by atoms with Gasteiger partial charge in [-0.25, -0.2) is 4.98 Å². The van der Waals surface area contributed by atoms with E-state index in [9.17, 15) is 4.79 Å². The molecule has 33 heavy (non-hydrogen) atoms. The summed E-state index contributed by atoms with van der Waals surface area (Å²) >= 11 is 0. The van der Waals surface area contributed by atoms with Gasteiger partial charge in [-0.05, 0) is 35.7 Å². The van der Waals surface area contributed by atoms with Crippen molar-refractivity contribution in [1.29, 1.82) is 0 Å². The van der Waals surface area contributed by atoms with Gasteiger partial charge in [0.05, 0.1) is 19.2 Å². The van der Waals surface area contributed by atoms with Gasteiger partial charge in [-0.2, -0.15) is 0 Å². The van der Waals surface area contributed by atoms with Crippen molar-refractivity contribution in [1.82, 2.24) is 19.8 Å². The number of hydrogen-bond donors (Lipinski definition) is 0. The molecule has 0 spiro atoms. The number of morpholine rings is 1. The third-order valence-corrected chi connectivity index (χ3v) is 5.80. The maximum atomic E-state index is 13.5. The molecule has 1 fully saturated rings. The molecule has 1 aliphatic heterocycles. The van der Waals surface area contributed by atoms with Crippen molar-refractivity contribution < 1.29 is 14.3 Å². The number of hydrogen-bond acceptors (Lipinski definition) is 6. The normalized spacial score (nSPS) is 16.8. The van der Waals surface area contributed by atoms with Gasteiger partial charge in [0, 0.05) is 56.1 Å². The predicted octanol–water partition coefficient (Wildman–Crippen LogP) is 3.52. The standard InChI is InChI=1S/C26H32N4O3/c1-19(2)15-30(16-20-8-9-23-21(14-20)6-4-10-27-23)26(31)24-18-29(12-13-33-24)17-22-7-5-11-28-25(22)32-3/h4-11,14,19,24H,12-13,15-18H2,1-3H3/t24-/m1/s1. The van der Waals surface area contributed by atoms with Crippen molar-refractivity contribution in [2.24, 2.45) is 5.92 Å². The maximum absolute atomic E-state index is 13.5. The van der Waals surface area contributed by atoms with E-state index in [0.29, 0.717) is 44.6 Å². The molecule has 174 valence electrons. The van der Waals surface area contributed by atoms with Crippen LogP contribution in [0.4, 0.5) is 0 Å². The highest BCUT2D eigenvalue weighted by Crippen LogP contribution is 2.20. The highest BCUT2D eigenvalue weighted by Gasteiger charge is 2.31. The summed E-state index contributed by atoms with van der Waals surface area (Å²) in [4.78, 5) is 26.4. The molecule has 0 N–H and O–H groups in total. The molecular weight excluding hydrogens is 416 g/mol. The second-order valence-corrected chi connectivity index (χ2v) is 8.91. The van der Waals surface area contributed by atoms with E-state index < -0.39 is 6.10 Å². The summed E-state index contributed by atoms with van der Waals surface area (Å²) in [7, 11) is 1.63. The fourth-order valence-electron chi connectivity index (χ4n) is 4.29. The SMILES string of the molecule is COc1ncccc1CN1CCO[C@@H](C(=O)N(Cc2ccc3ncccc3c2)CC(C)C)C1. The zero-order valence-corrected chi connectivity index (χ0v) is 19.6. The summed E-state index contributed by atoms with van der Waals surface area (Å²) < 4.78 is 11.3.